The molecule has 0 atom stereocenters. The van der Waals surface area contributed by atoms with Crippen molar-refractivity contribution in [3.63, 3.8) is 0 Å². The van der Waals surface area contributed by atoms with Crippen LogP contribution < -0.4 is 10.6 Å². The first-order valence-corrected chi connectivity index (χ1v) is 6.79. The number of anilines is 2. The molecule has 6 heteroatoms. The number of nitriles is 1. The summed E-state index contributed by atoms with van der Waals surface area (Å²) in [5, 5.41) is 14.6. The van der Waals surface area contributed by atoms with Gasteiger partial charge in [0.1, 0.15) is 0 Å². The number of hydrogen-bond acceptors (Lipinski definition) is 5. The number of hydrogen-bond donors (Lipinski definition) is 2. The Bertz CT molecular complexity index is 693. The molecule has 1 aromatic heterocycles. The normalized spacial score (nSPS) is 10.6. The van der Waals surface area contributed by atoms with Crippen molar-refractivity contribution in [1.82, 2.24) is 15.3 Å². The molecule has 2 N–H and O–H groups in total. The van der Waals surface area contributed by atoms with Gasteiger partial charge in [-0.05, 0) is 45.0 Å². The van der Waals surface area contributed by atoms with Gasteiger partial charge in [0.15, 0.2) is 0 Å². The molecule has 0 aliphatic rings. The molecule has 0 spiro atoms. The van der Waals surface area contributed by atoms with Crippen molar-refractivity contribution in [2.45, 2.75) is 26.3 Å². The second-order valence-electron chi connectivity index (χ2n) is 5.81. The van der Waals surface area contributed by atoms with E-state index in [9.17, 15) is 4.79 Å². The summed E-state index contributed by atoms with van der Waals surface area (Å²) in [4.78, 5) is 20.2. The van der Waals surface area contributed by atoms with Gasteiger partial charge in [-0.3, -0.25) is 4.79 Å². The van der Waals surface area contributed by atoms with Crippen molar-refractivity contribution < 1.29 is 4.79 Å². The predicted octanol–water partition coefficient (Wildman–Crippen LogP) is 2.62. The maximum Gasteiger partial charge on any atom is 0.254 e. The summed E-state index contributed by atoms with van der Waals surface area (Å²) in [7, 11) is 0. The zero-order valence-corrected chi connectivity index (χ0v) is 12.7. The summed E-state index contributed by atoms with van der Waals surface area (Å²) in [5.74, 6) is 0.175. The molecule has 0 aliphatic carbocycles. The molecule has 0 unspecified atom stereocenters. The third kappa shape index (κ3) is 4.28. The molecule has 0 bridgehead atoms. The van der Waals surface area contributed by atoms with Crippen LogP contribution in [0.4, 0.5) is 11.6 Å². The van der Waals surface area contributed by atoms with E-state index in [1.54, 1.807) is 24.3 Å². The Hall–Kier alpha value is -2.94. The lowest BCUT2D eigenvalue weighted by molar-refractivity contribution is 0.0919. The molecule has 22 heavy (non-hydrogen) atoms. The zero-order valence-electron chi connectivity index (χ0n) is 12.7. The van der Waals surface area contributed by atoms with E-state index in [1.165, 1.54) is 12.4 Å². The van der Waals surface area contributed by atoms with Gasteiger partial charge in [-0.1, -0.05) is 0 Å². The Kier molecular flexibility index (Phi) is 4.37. The molecule has 2 rings (SSSR count). The Morgan fingerprint density at radius 1 is 1.14 bits per heavy atom. The highest BCUT2D eigenvalue weighted by Gasteiger charge is 2.15. The van der Waals surface area contributed by atoms with E-state index < -0.39 is 0 Å². The lowest BCUT2D eigenvalue weighted by Crippen LogP contribution is -2.40. The second-order valence-corrected chi connectivity index (χ2v) is 5.81. The van der Waals surface area contributed by atoms with Gasteiger partial charge in [-0.2, -0.15) is 5.26 Å². The molecule has 0 saturated carbocycles. The Balaban J connectivity index is 2.05. The average Bonchev–Trinajstić information content (AvgIpc) is 2.47. The second kappa shape index (κ2) is 6.22. The average molecular weight is 295 g/mol. The van der Waals surface area contributed by atoms with E-state index in [2.05, 4.69) is 26.7 Å². The lowest BCUT2D eigenvalue weighted by atomic mass is 10.1. The van der Waals surface area contributed by atoms with Crippen LogP contribution in [0.3, 0.4) is 0 Å². The van der Waals surface area contributed by atoms with Crippen molar-refractivity contribution in [1.29, 1.82) is 5.26 Å². The fraction of sp³-hybridized carbons (Fsp3) is 0.250. The highest BCUT2D eigenvalue weighted by Crippen LogP contribution is 2.13. The van der Waals surface area contributed by atoms with Crippen molar-refractivity contribution >= 4 is 17.5 Å². The minimum absolute atomic E-state index is 0.211. The number of nitrogens with zero attached hydrogens (tertiary/aromatic N) is 3. The molecule has 1 amide bonds. The van der Waals surface area contributed by atoms with E-state index in [-0.39, 0.29) is 11.4 Å². The van der Waals surface area contributed by atoms with Gasteiger partial charge in [0.25, 0.3) is 5.91 Å². The van der Waals surface area contributed by atoms with Gasteiger partial charge in [-0.25, -0.2) is 9.97 Å². The summed E-state index contributed by atoms with van der Waals surface area (Å²) in [6, 6.07) is 8.99. The Morgan fingerprint density at radius 3 is 2.23 bits per heavy atom. The first-order valence-electron chi connectivity index (χ1n) is 6.79. The summed E-state index contributed by atoms with van der Waals surface area (Å²) in [6.45, 7) is 5.73. The van der Waals surface area contributed by atoms with Gasteiger partial charge in [0.2, 0.25) is 5.95 Å². The van der Waals surface area contributed by atoms with E-state index in [0.717, 1.165) is 5.69 Å². The molecule has 2 aromatic rings. The third-order valence-electron chi connectivity index (χ3n) is 2.67. The molecular formula is C16H17N5O. The van der Waals surface area contributed by atoms with Crippen LogP contribution in [0.15, 0.2) is 36.7 Å². The molecule has 0 radical (unpaired) electrons. The maximum atomic E-state index is 12.0. The number of nitrogens with one attached hydrogen (secondary N) is 2. The summed E-state index contributed by atoms with van der Waals surface area (Å²) < 4.78 is 0. The lowest BCUT2D eigenvalue weighted by Gasteiger charge is -2.20. The Labute approximate surface area is 129 Å². The largest absolute Gasteiger partial charge is 0.347 e. The predicted molar refractivity (Wildman–Crippen MR) is 83.7 cm³/mol. The Morgan fingerprint density at radius 2 is 1.73 bits per heavy atom. The van der Waals surface area contributed by atoms with Crippen molar-refractivity contribution in [3.05, 3.63) is 47.8 Å². The van der Waals surface area contributed by atoms with Gasteiger partial charge in [0, 0.05) is 23.6 Å². The highest BCUT2D eigenvalue weighted by atomic mass is 16.1. The van der Waals surface area contributed by atoms with Crippen molar-refractivity contribution in [2.75, 3.05) is 5.32 Å². The number of amides is 1. The van der Waals surface area contributed by atoms with Crippen LogP contribution in [0, 0.1) is 11.3 Å². The zero-order chi connectivity index (χ0) is 16.2. The summed E-state index contributed by atoms with van der Waals surface area (Å²) >= 11 is 0. The molecule has 1 heterocycles. The van der Waals surface area contributed by atoms with Crippen LogP contribution >= 0.6 is 0 Å². The van der Waals surface area contributed by atoms with E-state index in [0.29, 0.717) is 17.1 Å². The topological polar surface area (TPSA) is 90.7 Å². The van der Waals surface area contributed by atoms with Crippen molar-refractivity contribution in [2.24, 2.45) is 0 Å². The fourth-order valence-corrected chi connectivity index (χ4v) is 1.68. The smallest absolute Gasteiger partial charge is 0.254 e. The number of rotatable bonds is 3. The summed E-state index contributed by atoms with van der Waals surface area (Å²) in [5.41, 5.74) is 1.45. The molecule has 6 nitrogen and oxygen atoms in total. The molecular weight excluding hydrogens is 278 g/mol. The van der Waals surface area contributed by atoms with E-state index >= 15 is 0 Å². The number of aromatic nitrogens is 2. The highest BCUT2D eigenvalue weighted by molar-refractivity contribution is 5.94. The monoisotopic (exact) mass is 295 g/mol. The van der Waals surface area contributed by atoms with Gasteiger partial charge in [0.05, 0.1) is 17.2 Å². The number of carbonyl (C=O) groups excluding carboxylic acids is 1. The molecule has 0 aliphatic heterocycles. The molecule has 112 valence electrons. The van der Waals surface area contributed by atoms with Crippen molar-refractivity contribution in [3.8, 4) is 6.07 Å². The number of benzene rings is 1. The molecule has 1 aromatic carbocycles. The third-order valence-corrected chi connectivity index (χ3v) is 2.67. The first-order chi connectivity index (χ1) is 10.4. The van der Waals surface area contributed by atoms with Crippen LogP contribution in [0.1, 0.15) is 36.7 Å². The minimum atomic E-state index is -0.309. The molecule has 0 fully saturated rings. The standard InChI is InChI=1S/C16H17N5O/c1-16(2,3)21-14(22)12-9-18-15(19-10-12)20-13-6-4-11(8-17)5-7-13/h4-7,9-10H,1-3H3,(H,21,22)(H,18,19,20). The van der Waals surface area contributed by atoms with Crippen LogP contribution in [-0.4, -0.2) is 21.4 Å². The maximum absolute atomic E-state index is 12.0. The summed E-state index contributed by atoms with van der Waals surface area (Å²) in [6.07, 6.45) is 2.94. The van der Waals surface area contributed by atoms with E-state index in [4.69, 9.17) is 5.26 Å². The minimum Gasteiger partial charge on any atom is -0.347 e. The molecule has 0 saturated heterocycles. The van der Waals surface area contributed by atoms with Crippen LogP contribution in [-0.2, 0) is 0 Å². The fourth-order valence-electron chi connectivity index (χ4n) is 1.68. The SMILES string of the molecule is CC(C)(C)NC(=O)c1cnc(Nc2ccc(C#N)cc2)nc1. The number of carbonyl (C=O) groups is 1. The van der Waals surface area contributed by atoms with Gasteiger partial charge in [-0.15, -0.1) is 0 Å². The van der Waals surface area contributed by atoms with Gasteiger partial charge >= 0.3 is 0 Å². The first kappa shape index (κ1) is 15.4. The van der Waals surface area contributed by atoms with Crippen LogP contribution in [0.2, 0.25) is 0 Å². The van der Waals surface area contributed by atoms with E-state index in [1.807, 2.05) is 20.8 Å². The quantitative estimate of drug-likeness (QED) is 0.908. The van der Waals surface area contributed by atoms with Crippen LogP contribution in [0.25, 0.3) is 0 Å². The van der Waals surface area contributed by atoms with Crippen LogP contribution in [0.5, 0.6) is 0 Å². The van der Waals surface area contributed by atoms with Gasteiger partial charge < -0.3 is 10.6 Å².